The van der Waals surface area contributed by atoms with Gasteiger partial charge in [-0.05, 0) is 24.6 Å². The Balaban J connectivity index is 1.80. The molecule has 0 radical (unpaired) electrons. The van der Waals surface area contributed by atoms with Crippen LogP contribution in [0.2, 0.25) is 0 Å². The van der Waals surface area contributed by atoms with E-state index in [9.17, 15) is 14.9 Å². The number of hydrogen-bond acceptors (Lipinski definition) is 7. The number of hydrogen-bond donors (Lipinski definition) is 2. The Labute approximate surface area is 177 Å². The highest BCUT2D eigenvalue weighted by molar-refractivity contribution is 5.91. The van der Waals surface area contributed by atoms with Gasteiger partial charge in [-0.1, -0.05) is 0 Å². The fourth-order valence-corrected chi connectivity index (χ4v) is 3.54. The van der Waals surface area contributed by atoms with E-state index in [0.717, 1.165) is 10.9 Å². The highest BCUT2D eigenvalue weighted by Gasteiger charge is 2.15. The third-order valence-electron chi connectivity index (χ3n) is 5.10. The van der Waals surface area contributed by atoms with Crippen molar-refractivity contribution in [1.82, 2.24) is 29.8 Å². The minimum atomic E-state index is -0.347. The van der Waals surface area contributed by atoms with Crippen LogP contribution in [-0.2, 0) is 4.79 Å². The van der Waals surface area contributed by atoms with Crippen LogP contribution >= 0.6 is 0 Å². The van der Waals surface area contributed by atoms with E-state index in [4.69, 9.17) is 0 Å². The van der Waals surface area contributed by atoms with Crippen molar-refractivity contribution < 1.29 is 4.79 Å². The van der Waals surface area contributed by atoms with Gasteiger partial charge in [0.05, 0.1) is 23.0 Å². The van der Waals surface area contributed by atoms with E-state index in [1.54, 1.807) is 13.1 Å². The Kier molecular flexibility index (Phi) is 5.32. The van der Waals surface area contributed by atoms with Crippen molar-refractivity contribution >= 4 is 33.8 Å². The van der Waals surface area contributed by atoms with Crippen molar-refractivity contribution in [2.45, 2.75) is 12.8 Å². The highest BCUT2D eigenvalue weighted by Crippen LogP contribution is 2.26. The molecule has 156 valence electrons. The largest absolute Gasteiger partial charge is 0.359 e. The Morgan fingerprint density at radius 3 is 2.94 bits per heavy atom. The van der Waals surface area contributed by atoms with Gasteiger partial charge in [0, 0.05) is 38.6 Å². The molecule has 0 fully saturated rings. The molecule has 0 aliphatic heterocycles. The Bertz CT molecular complexity index is 1380. The fraction of sp³-hybridized carbons (Fsp3) is 0.238. The number of rotatable bonds is 6. The van der Waals surface area contributed by atoms with E-state index >= 15 is 0 Å². The maximum absolute atomic E-state index is 12.7. The number of aromatic nitrogens is 5. The van der Waals surface area contributed by atoms with Crippen LogP contribution in [0, 0.1) is 11.3 Å². The van der Waals surface area contributed by atoms with Gasteiger partial charge in [0.1, 0.15) is 23.7 Å². The summed E-state index contributed by atoms with van der Waals surface area (Å²) in [5.74, 6) is 0.681. The molecule has 0 unspecified atom stereocenters. The quantitative estimate of drug-likeness (QED) is 0.486. The van der Waals surface area contributed by atoms with Crippen molar-refractivity contribution in [2.75, 3.05) is 25.5 Å². The molecule has 0 spiro atoms. The second-order valence-electron chi connectivity index (χ2n) is 7.04. The first kappa shape index (κ1) is 20.0. The molecule has 31 heavy (non-hydrogen) atoms. The third-order valence-corrected chi connectivity index (χ3v) is 5.10. The van der Waals surface area contributed by atoms with Crippen LogP contribution in [0.5, 0.6) is 0 Å². The topological polar surface area (TPSA) is 133 Å². The summed E-state index contributed by atoms with van der Waals surface area (Å²) in [7, 11) is 3.51. The summed E-state index contributed by atoms with van der Waals surface area (Å²) in [6.07, 6.45) is 5.33. The molecule has 4 rings (SSSR count). The van der Waals surface area contributed by atoms with E-state index in [1.807, 2.05) is 24.1 Å². The van der Waals surface area contributed by atoms with E-state index in [1.165, 1.54) is 23.3 Å². The first-order chi connectivity index (χ1) is 15.0. The molecule has 1 aromatic carbocycles. The van der Waals surface area contributed by atoms with Crippen molar-refractivity contribution in [3.8, 4) is 11.8 Å². The molecule has 0 saturated carbocycles. The summed E-state index contributed by atoms with van der Waals surface area (Å²) in [5.41, 5.74) is 2.16. The van der Waals surface area contributed by atoms with Gasteiger partial charge in [-0.25, -0.2) is 15.0 Å². The van der Waals surface area contributed by atoms with Gasteiger partial charge in [-0.2, -0.15) is 5.26 Å². The van der Waals surface area contributed by atoms with Crippen LogP contribution in [0.15, 0.2) is 41.7 Å². The summed E-state index contributed by atoms with van der Waals surface area (Å²) in [6, 6.07) is 7.51. The van der Waals surface area contributed by atoms with E-state index in [-0.39, 0.29) is 11.5 Å². The SMILES string of the molecule is CNC(=O)CCCN(C)c1ncnc2ccc(-n3c(=O)cnc4[nH]cc(C#N)c43)cc12. The molecule has 3 aromatic heterocycles. The summed E-state index contributed by atoms with van der Waals surface area (Å²) < 4.78 is 1.46. The third kappa shape index (κ3) is 3.69. The first-order valence-corrected chi connectivity index (χ1v) is 9.69. The second kappa shape index (κ2) is 8.23. The lowest BCUT2D eigenvalue weighted by Gasteiger charge is -2.20. The summed E-state index contributed by atoms with van der Waals surface area (Å²) in [6.45, 7) is 0.625. The zero-order valence-electron chi connectivity index (χ0n) is 17.1. The number of amides is 1. The average Bonchev–Trinajstić information content (AvgIpc) is 3.21. The molecular weight excluding hydrogens is 396 g/mol. The minimum absolute atomic E-state index is 0.0101. The molecule has 10 nitrogen and oxygen atoms in total. The predicted molar refractivity (Wildman–Crippen MR) is 116 cm³/mol. The lowest BCUT2D eigenvalue weighted by Crippen LogP contribution is -2.23. The molecule has 0 saturated heterocycles. The van der Waals surface area contributed by atoms with E-state index in [0.29, 0.717) is 47.6 Å². The normalized spacial score (nSPS) is 10.9. The summed E-state index contributed by atoms with van der Waals surface area (Å²) >= 11 is 0. The number of carbonyl (C=O) groups excluding carboxylic acids is 1. The number of nitrogens with one attached hydrogen (secondary N) is 2. The number of carbonyl (C=O) groups is 1. The predicted octanol–water partition coefficient (Wildman–Crippen LogP) is 1.49. The van der Waals surface area contributed by atoms with Gasteiger partial charge in [0.2, 0.25) is 5.91 Å². The molecule has 1 amide bonds. The van der Waals surface area contributed by atoms with Gasteiger partial charge in [0.15, 0.2) is 5.65 Å². The molecule has 10 heteroatoms. The number of anilines is 1. The Morgan fingerprint density at radius 2 is 2.16 bits per heavy atom. The number of fused-ring (bicyclic) bond motifs is 2. The smallest absolute Gasteiger partial charge is 0.274 e. The number of nitriles is 1. The lowest BCUT2D eigenvalue weighted by atomic mass is 10.2. The average molecular weight is 416 g/mol. The molecule has 0 atom stereocenters. The van der Waals surface area contributed by atoms with E-state index in [2.05, 4.69) is 31.3 Å². The lowest BCUT2D eigenvalue weighted by molar-refractivity contribution is -0.120. The number of benzene rings is 1. The standard InChI is InChI=1S/C21H20N8O2/c1-23-17(30)4-3-7-28(2)21-15-8-14(5-6-16(15)26-12-27-21)29-18(31)11-25-20-19(29)13(9-22)10-24-20/h5-6,8,10-12,24H,3-4,7H2,1-2H3,(H,23,30). The molecule has 0 aliphatic carbocycles. The number of H-pyrrole nitrogens is 1. The van der Waals surface area contributed by atoms with Gasteiger partial charge in [-0.15, -0.1) is 0 Å². The molecule has 4 aromatic rings. The van der Waals surface area contributed by atoms with Crippen LogP contribution in [0.3, 0.4) is 0 Å². The molecular formula is C21H20N8O2. The van der Waals surface area contributed by atoms with Gasteiger partial charge < -0.3 is 15.2 Å². The highest BCUT2D eigenvalue weighted by atomic mass is 16.1. The van der Waals surface area contributed by atoms with Crippen LogP contribution < -0.4 is 15.8 Å². The van der Waals surface area contributed by atoms with E-state index < -0.39 is 0 Å². The van der Waals surface area contributed by atoms with Crippen molar-refractivity contribution in [1.29, 1.82) is 5.26 Å². The molecule has 0 aliphatic rings. The van der Waals surface area contributed by atoms with Crippen LogP contribution in [0.4, 0.5) is 5.82 Å². The molecule has 0 bridgehead atoms. The van der Waals surface area contributed by atoms with Gasteiger partial charge in [0.25, 0.3) is 5.56 Å². The minimum Gasteiger partial charge on any atom is -0.359 e. The maximum Gasteiger partial charge on any atom is 0.274 e. The molecule has 2 N–H and O–H groups in total. The van der Waals surface area contributed by atoms with Crippen LogP contribution in [0.25, 0.3) is 27.8 Å². The zero-order valence-corrected chi connectivity index (χ0v) is 17.1. The summed E-state index contributed by atoms with van der Waals surface area (Å²) in [5, 5.41) is 12.8. The van der Waals surface area contributed by atoms with Crippen molar-refractivity contribution in [3.63, 3.8) is 0 Å². The Morgan fingerprint density at radius 1 is 1.32 bits per heavy atom. The maximum atomic E-state index is 12.7. The zero-order chi connectivity index (χ0) is 22.0. The Hall–Kier alpha value is -4.26. The molecule has 3 heterocycles. The van der Waals surface area contributed by atoms with Crippen LogP contribution in [0.1, 0.15) is 18.4 Å². The first-order valence-electron chi connectivity index (χ1n) is 9.69. The van der Waals surface area contributed by atoms with Crippen molar-refractivity contribution in [2.24, 2.45) is 0 Å². The second-order valence-corrected chi connectivity index (χ2v) is 7.04. The van der Waals surface area contributed by atoms with Gasteiger partial charge >= 0.3 is 0 Å². The van der Waals surface area contributed by atoms with Gasteiger partial charge in [-0.3, -0.25) is 14.2 Å². The summed E-state index contributed by atoms with van der Waals surface area (Å²) in [4.78, 5) is 41.9. The van der Waals surface area contributed by atoms with Crippen molar-refractivity contribution in [3.05, 3.63) is 52.8 Å². The monoisotopic (exact) mass is 416 g/mol. The number of aromatic amines is 1. The van der Waals surface area contributed by atoms with Crippen LogP contribution in [-0.4, -0.2) is 51.1 Å². The number of nitrogens with zero attached hydrogens (tertiary/aromatic N) is 6. The fourth-order valence-electron chi connectivity index (χ4n) is 3.54.